The average molecular weight is 197 g/mol. The third kappa shape index (κ3) is 1.89. The smallest absolute Gasteiger partial charge is 0.0991 e. The molecule has 0 fully saturated rings. The molecule has 3 nitrogen and oxygen atoms in total. The molecule has 1 aromatic carbocycles. The highest BCUT2D eigenvalue weighted by Gasteiger charge is 2.05. The monoisotopic (exact) mass is 197 g/mol. The van der Waals surface area contributed by atoms with Gasteiger partial charge in [-0.05, 0) is 24.6 Å². The van der Waals surface area contributed by atoms with Gasteiger partial charge in [-0.3, -0.25) is 0 Å². The molecule has 0 aliphatic heterocycles. The largest absolute Gasteiger partial charge is 0.330 e. The van der Waals surface area contributed by atoms with E-state index in [1.807, 2.05) is 35.0 Å². The zero-order valence-corrected chi connectivity index (χ0v) is 8.46. The van der Waals surface area contributed by atoms with Gasteiger partial charge < -0.3 is 4.57 Å². The summed E-state index contributed by atoms with van der Waals surface area (Å²) in [5.41, 5.74) is 1.86. The predicted molar refractivity (Wildman–Crippen MR) is 57.2 cm³/mol. The number of hydrogen-bond donors (Lipinski definition) is 0. The average Bonchev–Trinajstić information content (AvgIpc) is 2.82. The molecule has 2 rings (SSSR count). The lowest BCUT2D eigenvalue weighted by Crippen LogP contribution is -2.03. The molecule has 0 N–H and O–H groups in total. The molecule has 0 saturated heterocycles. The summed E-state index contributed by atoms with van der Waals surface area (Å²) in [5, 5.41) is 8.69. The molecule has 15 heavy (non-hydrogen) atoms. The van der Waals surface area contributed by atoms with Gasteiger partial charge in [0, 0.05) is 12.4 Å². The van der Waals surface area contributed by atoms with Gasteiger partial charge in [-0.15, -0.1) is 0 Å². The fourth-order valence-electron chi connectivity index (χ4n) is 1.51. The molecule has 0 spiro atoms. The molecular weight excluding hydrogens is 186 g/mol. The van der Waals surface area contributed by atoms with Crippen molar-refractivity contribution in [1.29, 1.82) is 5.26 Å². The van der Waals surface area contributed by atoms with Crippen LogP contribution >= 0.6 is 0 Å². The van der Waals surface area contributed by atoms with E-state index in [0.717, 1.165) is 0 Å². The summed E-state index contributed by atoms with van der Waals surface area (Å²) in [7, 11) is 0. The predicted octanol–water partition coefficient (Wildman–Crippen LogP) is 2.36. The minimum atomic E-state index is 0.250. The Bertz CT molecular complexity index is 463. The van der Waals surface area contributed by atoms with E-state index in [2.05, 4.69) is 18.0 Å². The highest BCUT2D eigenvalue weighted by Crippen LogP contribution is 2.17. The summed E-state index contributed by atoms with van der Waals surface area (Å²) in [6, 6.07) is 9.98. The molecule has 2 aromatic rings. The number of aromatic nitrogens is 2. The number of nitrogens with zero attached hydrogens (tertiary/aromatic N) is 3. The Morgan fingerprint density at radius 1 is 1.33 bits per heavy atom. The van der Waals surface area contributed by atoms with E-state index in [4.69, 9.17) is 5.26 Å². The molecule has 0 bridgehead atoms. The minimum absolute atomic E-state index is 0.250. The number of rotatable bonds is 2. The van der Waals surface area contributed by atoms with Gasteiger partial charge in [-0.25, -0.2) is 4.98 Å². The first-order valence-corrected chi connectivity index (χ1v) is 4.79. The third-order valence-electron chi connectivity index (χ3n) is 2.49. The van der Waals surface area contributed by atoms with Crippen LogP contribution in [0.5, 0.6) is 0 Å². The molecule has 0 aliphatic carbocycles. The van der Waals surface area contributed by atoms with E-state index in [1.165, 1.54) is 5.56 Å². The van der Waals surface area contributed by atoms with E-state index in [-0.39, 0.29) is 6.04 Å². The third-order valence-corrected chi connectivity index (χ3v) is 2.49. The molecule has 0 aliphatic rings. The van der Waals surface area contributed by atoms with Crippen molar-refractivity contribution in [2.24, 2.45) is 0 Å². The maximum absolute atomic E-state index is 8.69. The Hall–Kier alpha value is -2.08. The molecule has 1 aromatic heterocycles. The van der Waals surface area contributed by atoms with Gasteiger partial charge in [0.25, 0.3) is 0 Å². The lowest BCUT2D eigenvalue weighted by atomic mass is 10.1. The van der Waals surface area contributed by atoms with Crippen LogP contribution in [0.4, 0.5) is 0 Å². The lowest BCUT2D eigenvalue weighted by molar-refractivity contribution is 0.638. The Labute approximate surface area is 88.6 Å². The maximum atomic E-state index is 8.69. The SMILES string of the molecule is CC(c1ccc(C#N)cc1)n1ccnc1. The first-order chi connectivity index (χ1) is 7.31. The Balaban J connectivity index is 2.27. The molecule has 0 radical (unpaired) electrons. The van der Waals surface area contributed by atoms with Crippen molar-refractivity contribution in [3.05, 3.63) is 54.1 Å². The van der Waals surface area contributed by atoms with Gasteiger partial charge in [-0.2, -0.15) is 5.26 Å². The van der Waals surface area contributed by atoms with E-state index < -0.39 is 0 Å². The van der Waals surface area contributed by atoms with Crippen LogP contribution in [-0.4, -0.2) is 9.55 Å². The fourth-order valence-corrected chi connectivity index (χ4v) is 1.51. The van der Waals surface area contributed by atoms with Crippen LogP contribution < -0.4 is 0 Å². The molecule has 1 unspecified atom stereocenters. The molecular formula is C12H11N3. The highest BCUT2D eigenvalue weighted by molar-refractivity contribution is 5.32. The number of benzene rings is 1. The van der Waals surface area contributed by atoms with Crippen LogP contribution in [0.15, 0.2) is 43.0 Å². The van der Waals surface area contributed by atoms with E-state index >= 15 is 0 Å². The summed E-state index contributed by atoms with van der Waals surface area (Å²) >= 11 is 0. The van der Waals surface area contributed by atoms with Crippen molar-refractivity contribution < 1.29 is 0 Å². The standard InChI is InChI=1S/C12H11N3/c1-10(15-7-6-14-9-15)12-4-2-11(8-13)3-5-12/h2-7,9-10H,1H3. The van der Waals surface area contributed by atoms with Gasteiger partial charge in [0.05, 0.1) is 24.0 Å². The molecule has 0 saturated carbocycles. The first kappa shape index (κ1) is 9.47. The van der Waals surface area contributed by atoms with Gasteiger partial charge in [0.1, 0.15) is 0 Å². The fraction of sp³-hybridized carbons (Fsp3) is 0.167. The number of imidazole rings is 1. The summed E-state index contributed by atoms with van der Waals surface area (Å²) in [6.45, 7) is 2.10. The Kier molecular flexibility index (Phi) is 2.51. The minimum Gasteiger partial charge on any atom is -0.330 e. The van der Waals surface area contributed by atoms with E-state index in [9.17, 15) is 0 Å². The van der Waals surface area contributed by atoms with Crippen LogP contribution in [0, 0.1) is 11.3 Å². The molecule has 74 valence electrons. The molecule has 3 heteroatoms. The van der Waals surface area contributed by atoms with Gasteiger partial charge in [0.15, 0.2) is 0 Å². The topological polar surface area (TPSA) is 41.6 Å². The summed E-state index contributed by atoms with van der Waals surface area (Å²) in [4.78, 5) is 4.01. The first-order valence-electron chi connectivity index (χ1n) is 4.79. The Morgan fingerprint density at radius 2 is 2.07 bits per heavy atom. The van der Waals surface area contributed by atoms with Crippen molar-refractivity contribution in [1.82, 2.24) is 9.55 Å². The number of hydrogen-bond acceptors (Lipinski definition) is 2. The molecule has 1 heterocycles. The van der Waals surface area contributed by atoms with Crippen molar-refractivity contribution in [3.8, 4) is 6.07 Å². The van der Waals surface area contributed by atoms with Gasteiger partial charge >= 0.3 is 0 Å². The normalized spacial score (nSPS) is 12.0. The zero-order valence-electron chi connectivity index (χ0n) is 8.46. The second-order valence-corrected chi connectivity index (χ2v) is 3.42. The summed E-state index contributed by atoms with van der Waals surface area (Å²) < 4.78 is 2.03. The highest BCUT2D eigenvalue weighted by atomic mass is 15.0. The molecule has 1 atom stereocenters. The second kappa shape index (κ2) is 3.97. The van der Waals surface area contributed by atoms with Crippen molar-refractivity contribution in [2.45, 2.75) is 13.0 Å². The van der Waals surface area contributed by atoms with Crippen molar-refractivity contribution >= 4 is 0 Å². The van der Waals surface area contributed by atoms with Crippen LogP contribution in [0.25, 0.3) is 0 Å². The van der Waals surface area contributed by atoms with Crippen molar-refractivity contribution in [2.75, 3.05) is 0 Å². The maximum Gasteiger partial charge on any atom is 0.0991 e. The van der Waals surface area contributed by atoms with Crippen LogP contribution in [-0.2, 0) is 0 Å². The quantitative estimate of drug-likeness (QED) is 0.741. The lowest BCUT2D eigenvalue weighted by Gasteiger charge is -2.12. The number of nitriles is 1. The van der Waals surface area contributed by atoms with Crippen LogP contribution in [0.3, 0.4) is 0 Å². The Morgan fingerprint density at radius 3 is 2.60 bits per heavy atom. The zero-order chi connectivity index (χ0) is 10.7. The van der Waals surface area contributed by atoms with E-state index in [0.29, 0.717) is 5.56 Å². The second-order valence-electron chi connectivity index (χ2n) is 3.42. The van der Waals surface area contributed by atoms with Gasteiger partial charge in [0.2, 0.25) is 0 Å². The van der Waals surface area contributed by atoms with Crippen LogP contribution in [0.1, 0.15) is 24.1 Å². The summed E-state index contributed by atoms with van der Waals surface area (Å²) in [6.07, 6.45) is 5.49. The van der Waals surface area contributed by atoms with Gasteiger partial charge in [-0.1, -0.05) is 12.1 Å². The summed E-state index contributed by atoms with van der Waals surface area (Å²) in [5.74, 6) is 0. The van der Waals surface area contributed by atoms with E-state index in [1.54, 1.807) is 12.5 Å². The molecule has 0 amide bonds. The van der Waals surface area contributed by atoms with Crippen LogP contribution in [0.2, 0.25) is 0 Å². The van der Waals surface area contributed by atoms with Crippen molar-refractivity contribution in [3.63, 3.8) is 0 Å².